The van der Waals surface area contributed by atoms with Crippen molar-refractivity contribution in [2.75, 3.05) is 20.0 Å². The molecule has 2 aromatic rings. The predicted octanol–water partition coefficient (Wildman–Crippen LogP) is 1.78. The number of hydrogen-bond donors (Lipinski definition) is 1. The molecule has 0 saturated carbocycles. The van der Waals surface area contributed by atoms with Crippen molar-refractivity contribution in [2.24, 2.45) is 0 Å². The first-order valence-electron chi connectivity index (χ1n) is 6.19. The molecule has 6 nitrogen and oxygen atoms in total. The number of nitrogens with zero attached hydrogens (tertiary/aromatic N) is 2. The molecule has 0 unspecified atom stereocenters. The maximum absolute atomic E-state index is 14.1. The van der Waals surface area contributed by atoms with Crippen molar-refractivity contribution in [2.45, 2.75) is 0 Å². The highest BCUT2D eigenvalue weighted by Crippen LogP contribution is 2.29. The minimum absolute atomic E-state index is 0.123. The van der Waals surface area contributed by atoms with Crippen molar-refractivity contribution in [3.63, 3.8) is 0 Å². The lowest BCUT2D eigenvalue weighted by molar-refractivity contribution is 0.0590. The van der Waals surface area contributed by atoms with Crippen molar-refractivity contribution < 1.29 is 23.0 Å². The topological polar surface area (TPSA) is 87.3 Å². The SMILES string of the molecule is C#Cc1ccc(-c2nc(N)c(OC)c(C(=O)OC)n2)c(F)c1F. The number of ether oxygens (including phenoxy) is 2. The summed E-state index contributed by atoms with van der Waals surface area (Å²) in [6, 6.07) is 2.38. The zero-order valence-electron chi connectivity index (χ0n) is 12.2. The predicted molar refractivity (Wildman–Crippen MR) is 77.6 cm³/mol. The number of halogens is 2. The molecule has 2 rings (SSSR count). The third-order valence-electron chi connectivity index (χ3n) is 2.95. The molecule has 23 heavy (non-hydrogen) atoms. The number of esters is 1. The van der Waals surface area contributed by atoms with Crippen LogP contribution >= 0.6 is 0 Å². The summed E-state index contributed by atoms with van der Waals surface area (Å²) in [7, 11) is 2.38. The van der Waals surface area contributed by atoms with E-state index >= 15 is 0 Å². The average Bonchev–Trinajstić information content (AvgIpc) is 2.55. The minimum atomic E-state index is -1.25. The second kappa shape index (κ2) is 6.27. The first-order chi connectivity index (χ1) is 10.9. The molecule has 0 saturated heterocycles. The molecule has 0 amide bonds. The number of hydrogen-bond acceptors (Lipinski definition) is 6. The number of aromatic nitrogens is 2. The molecule has 0 atom stereocenters. The fraction of sp³-hybridized carbons (Fsp3) is 0.133. The number of nitrogens with two attached hydrogens (primary N) is 1. The van der Waals surface area contributed by atoms with Crippen LogP contribution in [-0.2, 0) is 4.74 Å². The van der Waals surface area contributed by atoms with E-state index in [2.05, 4.69) is 14.7 Å². The summed E-state index contributed by atoms with van der Waals surface area (Å²) in [6.45, 7) is 0. The fourth-order valence-electron chi connectivity index (χ4n) is 1.86. The van der Waals surface area contributed by atoms with Crippen molar-refractivity contribution in [1.29, 1.82) is 0 Å². The first-order valence-corrected chi connectivity index (χ1v) is 6.19. The maximum atomic E-state index is 14.1. The van der Waals surface area contributed by atoms with Crippen LogP contribution in [0.3, 0.4) is 0 Å². The van der Waals surface area contributed by atoms with Gasteiger partial charge >= 0.3 is 5.97 Å². The van der Waals surface area contributed by atoms with Crippen molar-refractivity contribution >= 4 is 11.8 Å². The zero-order chi connectivity index (χ0) is 17.1. The normalized spacial score (nSPS) is 10.0. The number of terminal acetylenes is 1. The van der Waals surface area contributed by atoms with E-state index < -0.39 is 17.6 Å². The van der Waals surface area contributed by atoms with Gasteiger partial charge < -0.3 is 15.2 Å². The summed E-state index contributed by atoms with van der Waals surface area (Å²) in [6.07, 6.45) is 5.07. The van der Waals surface area contributed by atoms with Crippen LogP contribution in [0.25, 0.3) is 11.4 Å². The second-order valence-corrected chi connectivity index (χ2v) is 4.24. The third-order valence-corrected chi connectivity index (χ3v) is 2.95. The summed E-state index contributed by atoms with van der Waals surface area (Å²) in [4.78, 5) is 19.4. The lowest BCUT2D eigenvalue weighted by Gasteiger charge is -2.11. The Morgan fingerprint density at radius 1 is 1.26 bits per heavy atom. The summed E-state index contributed by atoms with van der Waals surface area (Å²) in [5.41, 5.74) is 4.81. The Kier molecular flexibility index (Phi) is 4.41. The molecule has 2 N–H and O–H groups in total. The van der Waals surface area contributed by atoms with E-state index in [1.54, 1.807) is 0 Å². The number of carbonyl (C=O) groups is 1. The largest absolute Gasteiger partial charge is 0.491 e. The Morgan fingerprint density at radius 2 is 1.96 bits per heavy atom. The van der Waals surface area contributed by atoms with Gasteiger partial charge in [-0.15, -0.1) is 6.42 Å². The molecule has 118 valence electrons. The van der Waals surface area contributed by atoms with Crippen LogP contribution in [-0.4, -0.2) is 30.2 Å². The first kappa shape index (κ1) is 16.2. The number of anilines is 1. The molecular formula is C15H11F2N3O3. The van der Waals surface area contributed by atoms with Crippen LogP contribution in [0.5, 0.6) is 5.75 Å². The maximum Gasteiger partial charge on any atom is 0.360 e. The van der Waals surface area contributed by atoms with Gasteiger partial charge in [0, 0.05) is 0 Å². The van der Waals surface area contributed by atoms with Crippen LogP contribution in [0, 0.1) is 24.0 Å². The number of carbonyl (C=O) groups excluding carboxylic acids is 1. The van der Waals surface area contributed by atoms with Crippen LogP contribution < -0.4 is 10.5 Å². The van der Waals surface area contributed by atoms with E-state index in [-0.39, 0.29) is 34.2 Å². The van der Waals surface area contributed by atoms with Gasteiger partial charge in [-0.1, -0.05) is 5.92 Å². The Bertz CT molecular complexity index is 832. The van der Waals surface area contributed by atoms with Gasteiger partial charge in [-0.25, -0.2) is 23.5 Å². The lowest BCUT2D eigenvalue weighted by Crippen LogP contribution is -2.12. The van der Waals surface area contributed by atoms with E-state index in [1.807, 2.05) is 5.92 Å². The fourth-order valence-corrected chi connectivity index (χ4v) is 1.86. The molecule has 0 spiro atoms. The lowest BCUT2D eigenvalue weighted by atomic mass is 10.1. The average molecular weight is 319 g/mol. The van der Waals surface area contributed by atoms with E-state index in [4.69, 9.17) is 16.9 Å². The van der Waals surface area contributed by atoms with Crippen LogP contribution in [0.4, 0.5) is 14.6 Å². The Morgan fingerprint density at radius 3 is 2.52 bits per heavy atom. The number of nitrogen functional groups attached to an aromatic ring is 1. The van der Waals surface area contributed by atoms with Gasteiger partial charge in [-0.3, -0.25) is 0 Å². The molecule has 0 bridgehead atoms. The molecular weight excluding hydrogens is 308 g/mol. The highest BCUT2D eigenvalue weighted by atomic mass is 19.2. The molecule has 1 aromatic heterocycles. The van der Waals surface area contributed by atoms with E-state index in [0.29, 0.717) is 0 Å². The van der Waals surface area contributed by atoms with Crippen LogP contribution in [0.15, 0.2) is 12.1 Å². The van der Waals surface area contributed by atoms with Gasteiger partial charge in [0.05, 0.1) is 25.3 Å². The molecule has 0 aliphatic carbocycles. The number of rotatable bonds is 3. The summed E-state index contributed by atoms with van der Waals surface area (Å²) in [5.74, 6) is -1.97. The Balaban J connectivity index is 2.71. The zero-order valence-corrected chi connectivity index (χ0v) is 12.2. The van der Waals surface area contributed by atoms with Gasteiger partial charge in [0.2, 0.25) is 0 Å². The molecule has 0 aliphatic heterocycles. The van der Waals surface area contributed by atoms with Crippen molar-refractivity contribution in [3.8, 4) is 29.5 Å². The van der Waals surface area contributed by atoms with E-state index in [9.17, 15) is 13.6 Å². The third kappa shape index (κ3) is 2.76. The van der Waals surface area contributed by atoms with Gasteiger partial charge in [-0.05, 0) is 12.1 Å². The van der Waals surface area contributed by atoms with Gasteiger partial charge in [-0.2, -0.15) is 0 Å². The monoisotopic (exact) mass is 319 g/mol. The molecule has 0 fully saturated rings. The van der Waals surface area contributed by atoms with Crippen LogP contribution in [0.2, 0.25) is 0 Å². The highest BCUT2D eigenvalue weighted by Gasteiger charge is 2.23. The van der Waals surface area contributed by atoms with E-state index in [1.165, 1.54) is 19.2 Å². The molecule has 8 heteroatoms. The quantitative estimate of drug-likeness (QED) is 0.685. The molecule has 0 radical (unpaired) electrons. The molecule has 1 aromatic carbocycles. The highest BCUT2D eigenvalue weighted by molar-refractivity contribution is 5.92. The minimum Gasteiger partial charge on any atom is -0.491 e. The summed E-state index contributed by atoms with van der Waals surface area (Å²) in [5, 5.41) is 0. The van der Waals surface area contributed by atoms with Crippen molar-refractivity contribution in [1.82, 2.24) is 9.97 Å². The van der Waals surface area contributed by atoms with Gasteiger partial charge in [0.1, 0.15) is 0 Å². The number of benzene rings is 1. The molecule has 1 heterocycles. The van der Waals surface area contributed by atoms with Gasteiger partial charge in [0.25, 0.3) is 0 Å². The Hall–Kier alpha value is -3.21. The summed E-state index contributed by atoms with van der Waals surface area (Å²) >= 11 is 0. The molecule has 0 aliphatic rings. The summed E-state index contributed by atoms with van der Waals surface area (Å²) < 4.78 is 37.4. The van der Waals surface area contributed by atoms with Crippen LogP contribution in [0.1, 0.15) is 16.1 Å². The second-order valence-electron chi connectivity index (χ2n) is 4.24. The smallest absolute Gasteiger partial charge is 0.360 e. The van der Waals surface area contributed by atoms with E-state index in [0.717, 1.165) is 7.11 Å². The number of methoxy groups -OCH3 is 2. The van der Waals surface area contributed by atoms with Gasteiger partial charge in [0.15, 0.2) is 34.7 Å². The standard InChI is InChI=1S/C15H11F2N3O3/c1-4-7-5-6-8(10(17)9(7)16)14-19-11(15(21)23-3)12(22-2)13(18)20-14/h1,5-6H,2-3H3,(H2,18,19,20). The van der Waals surface area contributed by atoms with Crippen molar-refractivity contribution in [3.05, 3.63) is 35.0 Å². The Labute approximate surface area is 130 Å².